The van der Waals surface area contributed by atoms with Gasteiger partial charge in [0.05, 0.1) is 0 Å². The number of nitrogens with zero attached hydrogens (tertiary/aromatic N) is 1. The van der Waals surface area contributed by atoms with Crippen LogP contribution in [-0.4, -0.2) is 23.5 Å². The van der Waals surface area contributed by atoms with Gasteiger partial charge < -0.3 is 0 Å². The standard InChI is InChI=1S/C23H31IN3O2/c1-17-15-18(12-14-26-20-7-5-3-2-4-6-8-20)11-13-24-22(17)29-21-10-9-19(16-27-21)23(25)28/h9-11,13,15-16,20,26H,2-8,12,14H2,1H3,(H2,25,28)/q-1. The Morgan fingerprint density at radius 1 is 1.24 bits per heavy atom. The number of nitrogens with one attached hydrogen (secondary N) is 1. The van der Waals surface area contributed by atoms with Crippen molar-refractivity contribution in [3.63, 3.8) is 0 Å². The SMILES string of the molecule is CC1=C(Oc2ccc(C(N)=O)cn2)[I-]C=CC(CCNC2CCCCCCC2)=C1. The monoisotopic (exact) mass is 508 g/mol. The third-order valence-electron chi connectivity index (χ3n) is 5.32. The molecule has 6 heteroatoms. The van der Waals surface area contributed by atoms with E-state index in [-0.39, 0.29) is 21.2 Å². The van der Waals surface area contributed by atoms with E-state index < -0.39 is 5.91 Å². The van der Waals surface area contributed by atoms with E-state index in [1.807, 2.05) is 0 Å². The Morgan fingerprint density at radius 2 is 2.00 bits per heavy atom. The summed E-state index contributed by atoms with van der Waals surface area (Å²) < 4.78 is 9.25. The summed E-state index contributed by atoms with van der Waals surface area (Å²) in [4.78, 5) is 15.4. The van der Waals surface area contributed by atoms with E-state index in [0.717, 1.165) is 22.3 Å². The number of ether oxygens (including phenoxy) is 1. The number of aromatic nitrogens is 1. The number of rotatable bonds is 7. The van der Waals surface area contributed by atoms with Gasteiger partial charge in [-0.1, -0.05) is 0 Å². The van der Waals surface area contributed by atoms with Gasteiger partial charge in [-0.15, -0.1) is 0 Å². The van der Waals surface area contributed by atoms with Crippen LogP contribution in [0.1, 0.15) is 68.6 Å². The van der Waals surface area contributed by atoms with Gasteiger partial charge in [-0.25, -0.2) is 0 Å². The van der Waals surface area contributed by atoms with Crippen LogP contribution in [0.15, 0.2) is 49.5 Å². The number of allylic oxidation sites excluding steroid dienone is 3. The van der Waals surface area contributed by atoms with E-state index in [4.69, 9.17) is 10.5 Å². The molecular formula is C23H31IN3O2-. The molecule has 0 saturated heterocycles. The van der Waals surface area contributed by atoms with Crippen LogP contribution in [0.5, 0.6) is 5.88 Å². The van der Waals surface area contributed by atoms with Gasteiger partial charge in [0, 0.05) is 0 Å². The molecular weight excluding hydrogens is 477 g/mol. The van der Waals surface area contributed by atoms with Crippen LogP contribution >= 0.6 is 0 Å². The molecule has 158 valence electrons. The molecule has 2 heterocycles. The first kappa shape index (κ1) is 22.0. The quantitative estimate of drug-likeness (QED) is 0.547. The second-order valence-electron chi connectivity index (χ2n) is 7.68. The molecule has 0 radical (unpaired) electrons. The van der Waals surface area contributed by atoms with Gasteiger partial charge in [-0.3, -0.25) is 0 Å². The molecule has 29 heavy (non-hydrogen) atoms. The summed E-state index contributed by atoms with van der Waals surface area (Å²) in [6.07, 6.45) is 16.5. The van der Waals surface area contributed by atoms with E-state index in [2.05, 4.69) is 33.5 Å². The van der Waals surface area contributed by atoms with Crippen molar-refractivity contribution in [3.05, 3.63) is 55.0 Å². The molecule has 1 amide bonds. The van der Waals surface area contributed by atoms with Crippen molar-refractivity contribution in [2.24, 2.45) is 5.73 Å². The van der Waals surface area contributed by atoms with Crippen LogP contribution in [0.4, 0.5) is 0 Å². The van der Waals surface area contributed by atoms with E-state index in [9.17, 15) is 4.79 Å². The molecule has 1 aromatic rings. The van der Waals surface area contributed by atoms with Crippen LogP contribution in [0.25, 0.3) is 0 Å². The number of nitrogens with two attached hydrogens (primary N) is 1. The molecule has 1 saturated carbocycles. The molecule has 0 bridgehead atoms. The summed E-state index contributed by atoms with van der Waals surface area (Å²) in [7, 11) is 0. The molecule has 1 aliphatic heterocycles. The summed E-state index contributed by atoms with van der Waals surface area (Å²) in [6.45, 7) is 3.13. The fourth-order valence-corrected chi connectivity index (χ4v) is 5.62. The van der Waals surface area contributed by atoms with Gasteiger partial charge in [0.2, 0.25) is 0 Å². The molecule has 1 fully saturated rings. The van der Waals surface area contributed by atoms with Crippen molar-refractivity contribution in [1.82, 2.24) is 10.3 Å². The van der Waals surface area contributed by atoms with E-state index in [1.165, 1.54) is 56.7 Å². The van der Waals surface area contributed by atoms with Crippen molar-refractivity contribution < 1.29 is 30.7 Å². The molecule has 1 aliphatic carbocycles. The summed E-state index contributed by atoms with van der Waals surface area (Å²) in [6, 6.07) is 4.03. The van der Waals surface area contributed by atoms with Crippen molar-refractivity contribution in [2.45, 2.75) is 64.3 Å². The molecule has 0 unspecified atom stereocenters. The van der Waals surface area contributed by atoms with Crippen LogP contribution in [0.2, 0.25) is 0 Å². The summed E-state index contributed by atoms with van der Waals surface area (Å²) in [5, 5.41) is 3.78. The summed E-state index contributed by atoms with van der Waals surface area (Å²) in [5.41, 5.74) is 8.15. The Kier molecular flexibility index (Phi) is 8.73. The predicted molar refractivity (Wildman–Crippen MR) is 112 cm³/mol. The van der Waals surface area contributed by atoms with Gasteiger partial charge in [0.1, 0.15) is 0 Å². The van der Waals surface area contributed by atoms with Gasteiger partial charge in [0.15, 0.2) is 0 Å². The number of halogens is 1. The van der Waals surface area contributed by atoms with Gasteiger partial charge >= 0.3 is 184 Å². The average Bonchev–Trinajstić information content (AvgIpc) is 2.85. The minimum absolute atomic E-state index is 0.355. The van der Waals surface area contributed by atoms with Crippen LogP contribution in [-0.2, 0) is 0 Å². The molecule has 0 aromatic carbocycles. The fraction of sp³-hybridized carbons (Fsp3) is 0.478. The number of hydrogen-bond donors (Lipinski definition) is 2. The molecule has 0 atom stereocenters. The maximum atomic E-state index is 11.2. The molecule has 5 nitrogen and oxygen atoms in total. The number of carbonyl (C=O) groups is 1. The summed E-state index contributed by atoms with van der Waals surface area (Å²) >= 11 is -0.355. The molecule has 1 aromatic heterocycles. The Hall–Kier alpha value is -1.67. The third kappa shape index (κ3) is 7.26. The second-order valence-corrected chi connectivity index (χ2v) is 10.00. The molecule has 3 N–H and O–H groups in total. The predicted octanol–water partition coefficient (Wildman–Crippen LogP) is 1.43. The zero-order valence-corrected chi connectivity index (χ0v) is 19.3. The number of hydrogen-bond acceptors (Lipinski definition) is 4. The molecule has 3 rings (SSSR count). The van der Waals surface area contributed by atoms with Crippen LogP contribution in [0, 0.1) is 0 Å². The Bertz CT molecular complexity index is 776. The van der Waals surface area contributed by atoms with Gasteiger partial charge in [-0.05, 0) is 0 Å². The maximum absolute atomic E-state index is 11.2. The normalized spacial score (nSPS) is 18.9. The number of pyridine rings is 1. The van der Waals surface area contributed by atoms with Crippen molar-refractivity contribution in [1.29, 1.82) is 0 Å². The van der Waals surface area contributed by atoms with Crippen molar-refractivity contribution in [3.8, 4) is 5.88 Å². The van der Waals surface area contributed by atoms with Gasteiger partial charge in [0.25, 0.3) is 0 Å². The topological polar surface area (TPSA) is 77.2 Å². The number of primary amides is 1. The van der Waals surface area contributed by atoms with Crippen LogP contribution < -0.4 is 37.0 Å². The van der Waals surface area contributed by atoms with E-state index in [0.29, 0.717) is 17.5 Å². The van der Waals surface area contributed by atoms with Gasteiger partial charge in [-0.2, -0.15) is 0 Å². The number of amides is 1. The Morgan fingerprint density at radius 3 is 2.69 bits per heavy atom. The minimum atomic E-state index is -0.482. The fourth-order valence-electron chi connectivity index (χ4n) is 3.66. The average molecular weight is 508 g/mol. The summed E-state index contributed by atoms with van der Waals surface area (Å²) in [5.74, 6) is 0.0186. The molecule has 0 spiro atoms. The third-order valence-corrected chi connectivity index (χ3v) is 7.67. The second kappa shape index (κ2) is 11.5. The zero-order chi connectivity index (χ0) is 20.5. The Labute approximate surface area is 184 Å². The van der Waals surface area contributed by atoms with E-state index in [1.54, 1.807) is 12.1 Å². The van der Waals surface area contributed by atoms with Crippen molar-refractivity contribution >= 4 is 5.91 Å². The van der Waals surface area contributed by atoms with Crippen LogP contribution in [0.3, 0.4) is 0 Å². The first-order chi connectivity index (χ1) is 14.1. The first-order valence-electron chi connectivity index (χ1n) is 10.5. The number of carbonyl (C=O) groups excluding carboxylic acids is 1. The molecule has 2 aliphatic rings. The Balaban J connectivity index is 1.54. The first-order valence-corrected chi connectivity index (χ1v) is 12.8. The van der Waals surface area contributed by atoms with Crippen molar-refractivity contribution in [2.75, 3.05) is 6.54 Å². The zero-order valence-electron chi connectivity index (χ0n) is 17.1. The van der Waals surface area contributed by atoms with E-state index >= 15 is 0 Å².